The van der Waals surface area contributed by atoms with Crippen LogP contribution in [-0.2, 0) is 4.79 Å². The van der Waals surface area contributed by atoms with Crippen molar-refractivity contribution in [2.45, 2.75) is 13.0 Å². The first-order valence-corrected chi connectivity index (χ1v) is 4.92. The van der Waals surface area contributed by atoms with E-state index in [-0.39, 0.29) is 5.91 Å². The third-order valence-corrected chi connectivity index (χ3v) is 2.68. The van der Waals surface area contributed by atoms with Gasteiger partial charge in [-0.25, -0.2) is 0 Å². The van der Waals surface area contributed by atoms with Crippen molar-refractivity contribution >= 4 is 21.8 Å². The fourth-order valence-electron chi connectivity index (χ4n) is 1.40. The van der Waals surface area contributed by atoms with Crippen molar-refractivity contribution in [3.05, 3.63) is 16.9 Å². The Balaban J connectivity index is 1.97. The lowest BCUT2D eigenvalue weighted by Crippen LogP contribution is -2.49. The summed E-state index contributed by atoms with van der Waals surface area (Å²) in [6.45, 7) is 3.15. The average molecular weight is 244 g/mol. The van der Waals surface area contributed by atoms with E-state index >= 15 is 0 Å². The first-order chi connectivity index (χ1) is 6.16. The molecular formula is C8H10BrN3O. The molecule has 2 heterocycles. The number of likely N-dealkylation sites (tertiary alicyclic amines) is 1. The third-order valence-electron chi connectivity index (χ3n) is 2.26. The summed E-state index contributed by atoms with van der Waals surface area (Å²) >= 11 is 3.29. The van der Waals surface area contributed by atoms with E-state index in [1.54, 1.807) is 11.8 Å². The highest BCUT2D eigenvalue weighted by atomic mass is 79.9. The molecule has 0 radical (unpaired) electrons. The van der Waals surface area contributed by atoms with Crippen LogP contribution < -0.4 is 0 Å². The zero-order valence-electron chi connectivity index (χ0n) is 7.27. The molecule has 2 rings (SSSR count). The van der Waals surface area contributed by atoms with Crippen LogP contribution in [0.1, 0.15) is 13.0 Å². The molecule has 13 heavy (non-hydrogen) atoms. The number of rotatable bonds is 1. The molecule has 0 unspecified atom stereocenters. The van der Waals surface area contributed by atoms with Crippen molar-refractivity contribution in [3.8, 4) is 0 Å². The van der Waals surface area contributed by atoms with Crippen LogP contribution in [0.15, 0.2) is 16.9 Å². The minimum absolute atomic E-state index is 0.141. The molecular weight excluding hydrogens is 234 g/mol. The van der Waals surface area contributed by atoms with E-state index in [4.69, 9.17) is 0 Å². The van der Waals surface area contributed by atoms with Crippen molar-refractivity contribution in [2.24, 2.45) is 0 Å². The molecule has 1 aliphatic heterocycles. The van der Waals surface area contributed by atoms with Crippen LogP contribution >= 0.6 is 15.9 Å². The maximum atomic E-state index is 10.9. The van der Waals surface area contributed by atoms with Crippen molar-refractivity contribution in [2.75, 3.05) is 13.1 Å². The normalized spacial score (nSPS) is 17.2. The summed E-state index contributed by atoms with van der Waals surface area (Å²) in [5.74, 6) is 0.141. The number of hydrogen-bond acceptors (Lipinski definition) is 2. The number of carbonyl (C=O) groups excluding carboxylic acids is 1. The van der Waals surface area contributed by atoms with Gasteiger partial charge in [0.25, 0.3) is 0 Å². The predicted molar refractivity (Wildman–Crippen MR) is 51.2 cm³/mol. The van der Waals surface area contributed by atoms with Crippen LogP contribution in [0.4, 0.5) is 0 Å². The van der Waals surface area contributed by atoms with Crippen molar-refractivity contribution in [3.63, 3.8) is 0 Å². The largest absolute Gasteiger partial charge is 0.339 e. The molecule has 0 N–H and O–H groups in total. The Morgan fingerprint density at radius 3 is 2.85 bits per heavy atom. The molecule has 0 spiro atoms. The van der Waals surface area contributed by atoms with Gasteiger partial charge in [0.1, 0.15) is 4.60 Å². The molecule has 0 atom stereocenters. The number of nitrogens with zero attached hydrogens (tertiary/aromatic N) is 3. The van der Waals surface area contributed by atoms with Crippen LogP contribution in [0.5, 0.6) is 0 Å². The number of amides is 1. The van der Waals surface area contributed by atoms with E-state index < -0.39 is 0 Å². The molecule has 70 valence electrons. The van der Waals surface area contributed by atoms with E-state index in [1.807, 2.05) is 16.9 Å². The fourth-order valence-corrected chi connectivity index (χ4v) is 1.70. The van der Waals surface area contributed by atoms with E-state index in [2.05, 4.69) is 21.0 Å². The number of carbonyl (C=O) groups is 1. The second-order valence-electron chi connectivity index (χ2n) is 3.20. The molecule has 1 aromatic heterocycles. The van der Waals surface area contributed by atoms with Crippen LogP contribution in [0.3, 0.4) is 0 Å². The Morgan fingerprint density at radius 1 is 1.69 bits per heavy atom. The summed E-state index contributed by atoms with van der Waals surface area (Å²) in [4.78, 5) is 12.7. The molecule has 1 saturated heterocycles. The summed E-state index contributed by atoms with van der Waals surface area (Å²) in [6, 6.07) is 2.26. The summed E-state index contributed by atoms with van der Waals surface area (Å²) in [5, 5.41) is 4.22. The van der Waals surface area contributed by atoms with Gasteiger partial charge < -0.3 is 4.90 Å². The molecule has 1 fully saturated rings. The molecule has 1 amide bonds. The van der Waals surface area contributed by atoms with E-state index in [9.17, 15) is 4.79 Å². The van der Waals surface area contributed by atoms with Gasteiger partial charge >= 0.3 is 0 Å². The molecule has 1 aliphatic rings. The second-order valence-corrected chi connectivity index (χ2v) is 4.01. The Bertz CT molecular complexity index is 330. The molecule has 5 heteroatoms. The molecule has 4 nitrogen and oxygen atoms in total. The van der Waals surface area contributed by atoms with Crippen molar-refractivity contribution < 1.29 is 4.79 Å². The van der Waals surface area contributed by atoms with E-state index in [1.165, 1.54) is 0 Å². The first-order valence-electron chi connectivity index (χ1n) is 4.13. The highest BCUT2D eigenvalue weighted by molar-refractivity contribution is 9.10. The monoisotopic (exact) mass is 243 g/mol. The topological polar surface area (TPSA) is 38.1 Å². The van der Waals surface area contributed by atoms with Crippen LogP contribution in [0, 0.1) is 0 Å². The summed E-state index contributed by atoms with van der Waals surface area (Å²) in [7, 11) is 0. The molecule has 0 bridgehead atoms. The van der Waals surface area contributed by atoms with Crippen LogP contribution in [-0.4, -0.2) is 33.7 Å². The maximum Gasteiger partial charge on any atom is 0.219 e. The minimum atomic E-state index is 0.141. The lowest BCUT2D eigenvalue weighted by atomic mass is 10.1. The van der Waals surface area contributed by atoms with Gasteiger partial charge in [0.15, 0.2) is 0 Å². The summed E-state index contributed by atoms with van der Waals surface area (Å²) < 4.78 is 2.73. The summed E-state index contributed by atoms with van der Waals surface area (Å²) in [6.07, 6.45) is 1.92. The second kappa shape index (κ2) is 3.14. The minimum Gasteiger partial charge on any atom is -0.339 e. The number of hydrogen-bond donors (Lipinski definition) is 0. The van der Waals surface area contributed by atoms with Crippen molar-refractivity contribution in [1.82, 2.24) is 14.7 Å². The van der Waals surface area contributed by atoms with Crippen molar-refractivity contribution in [1.29, 1.82) is 0 Å². The lowest BCUT2D eigenvalue weighted by molar-refractivity contribution is -0.134. The molecule has 1 aromatic rings. The van der Waals surface area contributed by atoms with Crippen LogP contribution in [0.2, 0.25) is 0 Å². The van der Waals surface area contributed by atoms with Gasteiger partial charge in [-0.05, 0) is 22.0 Å². The zero-order chi connectivity index (χ0) is 9.42. The van der Waals surface area contributed by atoms with Gasteiger partial charge in [0, 0.05) is 26.2 Å². The number of aromatic nitrogens is 2. The molecule has 0 aromatic carbocycles. The Hall–Kier alpha value is -0.840. The standard InChI is InChI=1S/C8H10BrN3O/c1-6(13)11-4-7(5-11)12-3-2-8(9)10-12/h2-3,7H,4-5H2,1H3. The predicted octanol–water partition coefficient (Wildman–Crippen LogP) is 1.05. The SMILES string of the molecule is CC(=O)N1CC(n2ccc(Br)n2)C1. The molecule has 0 aliphatic carbocycles. The Labute approximate surface area is 84.6 Å². The van der Waals surface area contributed by atoms with Gasteiger partial charge in [-0.3, -0.25) is 9.48 Å². The Kier molecular flexibility index (Phi) is 2.11. The highest BCUT2D eigenvalue weighted by Gasteiger charge is 2.30. The van der Waals surface area contributed by atoms with E-state index in [0.29, 0.717) is 6.04 Å². The highest BCUT2D eigenvalue weighted by Crippen LogP contribution is 2.21. The van der Waals surface area contributed by atoms with Gasteiger partial charge in [-0.15, -0.1) is 0 Å². The zero-order valence-corrected chi connectivity index (χ0v) is 8.86. The molecule has 0 saturated carbocycles. The van der Waals surface area contributed by atoms with Gasteiger partial charge in [-0.1, -0.05) is 0 Å². The smallest absolute Gasteiger partial charge is 0.219 e. The lowest BCUT2D eigenvalue weighted by Gasteiger charge is -2.38. The summed E-state index contributed by atoms with van der Waals surface area (Å²) in [5.41, 5.74) is 0. The number of halogens is 1. The van der Waals surface area contributed by atoms with Crippen LogP contribution in [0.25, 0.3) is 0 Å². The van der Waals surface area contributed by atoms with Gasteiger partial charge in [0.2, 0.25) is 5.91 Å². The van der Waals surface area contributed by atoms with Gasteiger partial charge in [0.05, 0.1) is 6.04 Å². The maximum absolute atomic E-state index is 10.9. The first kappa shape index (κ1) is 8.74. The quantitative estimate of drug-likeness (QED) is 0.740. The average Bonchev–Trinajstić information content (AvgIpc) is 2.31. The fraction of sp³-hybridized carbons (Fsp3) is 0.500. The Morgan fingerprint density at radius 2 is 2.38 bits per heavy atom. The van der Waals surface area contributed by atoms with Gasteiger partial charge in [-0.2, -0.15) is 5.10 Å². The van der Waals surface area contributed by atoms with E-state index in [0.717, 1.165) is 17.7 Å². The third kappa shape index (κ3) is 1.60.